The Morgan fingerprint density at radius 3 is 2.89 bits per heavy atom. The fraction of sp³-hybridized carbons (Fsp3) is 0.333. The van der Waals surface area contributed by atoms with E-state index in [2.05, 4.69) is 16.9 Å². The van der Waals surface area contributed by atoms with Crippen LogP contribution in [0.1, 0.15) is 26.2 Å². The molecule has 0 spiro atoms. The predicted molar refractivity (Wildman–Crippen MR) is 73.7 cm³/mol. The monoisotopic (exact) mass is 242 g/mol. The molecule has 0 aliphatic carbocycles. The Morgan fingerprint density at radius 2 is 2.00 bits per heavy atom. The number of hydrogen-bond donors (Lipinski definition) is 0. The number of fused-ring (bicyclic) bond motifs is 1. The summed E-state index contributed by atoms with van der Waals surface area (Å²) in [7, 11) is 0. The Morgan fingerprint density at radius 1 is 1.11 bits per heavy atom. The molecule has 18 heavy (non-hydrogen) atoms. The minimum Gasteiger partial charge on any atom is -0.490 e. The molecule has 0 atom stereocenters. The van der Waals surface area contributed by atoms with Gasteiger partial charge in [-0.3, -0.25) is 9.98 Å². The first kappa shape index (κ1) is 12.6. The molecule has 0 amide bonds. The Kier molecular flexibility index (Phi) is 4.70. The SMILES string of the molecule is CCCCCOC1=CN=c2ccccc2=CN=C1. The summed E-state index contributed by atoms with van der Waals surface area (Å²) in [4.78, 5) is 8.67. The van der Waals surface area contributed by atoms with Crippen molar-refractivity contribution >= 4 is 12.4 Å². The molecule has 0 unspecified atom stereocenters. The van der Waals surface area contributed by atoms with Gasteiger partial charge in [-0.15, -0.1) is 0 Å². The maximum Gasteiger partial charge on any atom is 0.155 e. The Bertz CT molecular complexity index is 558. The lowest BCUT2D eigenvalue weighted by Crippen LogP contribution is -2.23. The lowest BCUT2D eigenvalue weighted by molar-refractivity contribution is 0.224. The number of rotatable bonds is 5. The van der Waals surface area contributed by atoms with Crippen LogP contribution < -0.4 is 10.6 Å². The topological polar surface area (TPSA) is 34.0 Å². The van der Waals surface area contributed by atoms with Gasteiger partial charge in [-0.05, 0) is 12.5 Å². The highest BCUT2D eigenvalue weighted by Gasteiger charge is 1.96. The van der Waals surface area contributed by atoms with Crippen LogP contribution in [-0.4, -0.2) is 12.8 Å². The summed E-state index contributed by atoms with van der Waals surface area (Å²) in [6.07, 6.45) is 8.72. The molecule has 0 saturated carbocycles. The highest BCUT2D eigenvalue weighted by Crippen LogP contribution is 2.00. The average molecular weight is 242 g/mol. The number of benzene rings is 1. The molecule has 1 aromatic rings. The minimum absolute atomic E-state index is 0.719. The first-order valence-electron chi connectivity index (χ1n) is 6.39. The summed E-state index contributed by atoms with van der Waals surface area (Å²) in [6, 6.07) is 7.92. The van der Waals surface area contributed by atoms with E-state index in [4.69, 9.17) is 4.74 Å². The second kappa shape index (κ2) is 6.74. The van der Waals surface area contributed by atoms with Crippen LogP contribution in [0.15, 0.2) is 46.2 Å². The van der Waals surface area contributed by atoms with Crippen molar-refractivity contribution in [2.75, 3.05) is 6.61 Å². The average Bonchev–Trinajstić information content (AvgIpc) is 2.38. The van der Waals surface area contributed by atoms with Crippen LogP contribution in [0, 0.1) is 0 Å². The number of aliphatic imine (C=N–C) groups is 1. The van der Waals surface area contributed by atoms with Crippen molar-refractivity contribution in [3.8, 4) is 0 Å². The molecule has 1 aliphatic heterocycles. The molecule has 0 N–H and O–H groups in total. The van der Waals surface area contributed by atoms with Crippen molar-refractivity contribution in [3.05, 3.63) is 46.8 Å². The van der Waals surface area contributed by atoms with Crippen molar-refractivity contribution in [3.63, 3.8) is 0 Å². The summed E-state index contributed by atoms with van der Waals surface area (Å²) >= 11 is 0. The molecule has 1 aromatic carbocycles. The van der Waals surface area contributed by atoms with E-state index in [0.717, 1.165) is 29.4 Å². The van der Waals surface area contributed by atoms with E-state index in [9.17, 15) is 0 Å². The maximum atomic E-state index is 5.63. The molecule has 0 saturated heterocycles. The van der Waals surface area contributed by atoms with Crippen molar-refractivity contribution in [2.45, 2.75) is 26.2 Å². The molecule has 2 rings (SSSR count). The van der Waals surface area contributed by atoms with Gasteiger partial charge in [-0.1, -0.05) is 38.0 Å². The number of ether oxygens (including phenoxy) is 1. The lowest BCUT2D eigenvalue weighted by Gasteiger charge is -2.05. The fourth-order valence-corrected chi connectivity index (χ4v) is 1.69. The first-order valence-corrected chi connectivity index (χ1v) is 6.39. The summed E-state index contributed by atoms with van der Waals surface area (Å²) in [5, 5.41) is 1.94. The van der Waals surface area contributed by atoms with Crippen LogP contribution in [0.4, 0.5) is 0 Å². The predicted octanol–water partition coefficient (Wildman–Crippen LogP) is 2.18. The van der Waals surface area contributed by atoms with Gasteiger partial charge < -0.3 is 4.74 Å². The summed E-state index contributed by atoms with van der Waals surface area (Å²) < 4.78 is 5.63. The van der Waals surface area contributed by atoms with E-state index < -0.39 is 0 Å². The molecule has 3 heteroatoms. The second-order valence-electron chi connectivity index (χ2n) is 4.18. The zero-order chi connectivity index (χ0) is 12.6. The molecule has 0 aromatic heterocycles. The van der Waals surface area contributed by atoms with Gasteiger partial charge in [0.15, 0.2) is 5.76 Å². The lowest BCUT2D eigenvalue weighted by atomic mass is 10.3. The van der Waals surface area contributed by atoms with Gasteiger partial charge in [-0.2, -0.15) is 0 Å². The van der Waals surface area contributed by atoms with Gasteiger partial charge in [0.25, 0.3) is 0 Å². The summed E-state index contributed by atoms with van der Waals surface area (Å²) in [5.41, 5.74) is 0. The van der Waals surface area contributed by atoms with Crippen LogP contribution in [0.3, 0.4) is 0 Å². The number of hydrogen-bond acceptors (Lipinski definition) is 3. The Balaban J connectivity index is 2.10. The Hall–Kier alpha value is -1.90. The number of nitrogens with zero attached hydrogens (tertiary/aromatic N) is 2. The third-order valence-corrected chi connectivity index (χ3v) is 2.70. The zero-order valence-electron chi connectivity index (χ0n) is 10.7. The molecule has 0 fully saturated rings. The van der Waals surface area contributed by atoms with E-state index in [1.54, 1.807) is 18.6 Å². The van der Waals surface area contributed by atoms with Crippen molar-refractivity contribution in [1.29, 1.82) is 0 Å². The quantitative estimate of drug-likeness (QED) is 0.729. The smallest absolute Gasteiger partial charge is 0.155 e. The van der Waals surface area contributed by atoms with E-state index in [1.807, 2.05) is 24.3 Å². The first-order chi connectivity index (χ1) is 8.90. The van der Waals surface area contributed by atoms with Gasteiger partial charge >= 0.3 is 0 Å². The standard InChI is InChI=1S/C15H18N2O/c1-2-3-6-9-18-14-11-16-10-13-7-4-5-8-15(13)17-12-14/h4-5,7-8,10-12H,2-3,6,9H2,1H3. The van der Waals surface area contributed by atoms with Crippen LogP contribution in [0.5, 0.6) is 0 Å². The van der Waals surface area contributed by atoms with E-state index in [0.29, 0.717) is 0 Å². The number of para-hydroxylation sites is 1. The maximum absolute atomic E-state index is 5.63. The molecular weight excluding hydrogens is 224 g/mol. The van der Waals surface area contributed by atoms with Crippen LogP contribution in [0.25, 0.3) is 6.20 Å². The Labute approximate surface area is 107 Å². The van der Waals surface area contributed by atoms with Crippen molar-refractivity contribution in [2.24, 2.45) is 9.98 Å². The molecule has 1 aliphatic rings. The molecule has 94 valence electrons. The molecule has 3 nitrogen and oxygen atoms in total. The number of unbranched alkanes of at least 4 members (excludes halogenated alkanes) is 2. The zero-order valence-corrected chi connectivity index (χ0v) is 10.7. The van der Waals surface area contributed by atoms with E-state index in [1.165, 1.54) is 12.8 Å². The third-order valence-electron chi connectivity index (χ3n) is 2.70. The van der Waals surface area contributed by atoms with Crippen LogP contribution in [0.2, 0.25) is 0 Å². The normalized spacial score (nSPS) is 13.5. The van der Waals surface area contributed by atoms with Gasteiger partial charge in [0.2, 0.25) is 0 Å². The highest BCUT2D eigenvalue weighted by molar-refractivity contribution is 5.78. The van der Waals surface area contributed by atoms with Crippen LogP contribution >= 0.6 is 0 Å². The van der Waals surface area contributed by atoms with Gasteiger partial charge in [0.1, 0.15) is 0 Å². The van der Waals surface area contributed by atoms with Gasteiger partial charge in [-0.25, -0.2) is 0 Å². The van der Waals surface area contributed by atoms with Gasteiger partial charge in [0, 0.05) is 11.4 Å². The van der Waals surface area contributed by atoms with E-state index >= 15 is 0 Å². The van der Waals surface area contributed by atoms with Crippen molar-refractivity contribution < 1.29 is 4.74 Å². The van der Waals surface area contributed by atoms with Gasteiger partial charge in [0.05, 0.1) is 24.4 Å². The molecule has 0 bridgehead atoms. The minimum atomic E-state index is 0.719. The number of allylic oxidation sites excluding steroid dienone is 1. The molecular formula is C15H18N2O. The highest BCUT2D eigenvalue weighted by atomic mass is 16.5. The largest absolute Gasteiger partial charge is 0.490 e. The van der Waals surface area contributed by atoms with Crippen LogP contribution in [-0.2, 0) is 4.74 Å². The molecule has 0 radical (unpaired) electrons. The fourth-order valence-electron chi connectivity index (χ4n) is 1.69. The second-order valence-corrected chi connectivity index (χ2v) is 4.18. The van der Waals surface area contributed by atoms with E-state index in [-0.39, 0.29) is 0 Å². The third kappa shape index (κ3) is 3.55. The van der Waals surface area contributed by atoms with Crippen molar-refractivity contribution in [1.82, 2.24) is 0 Å². The summed E-state index contributed by atoms with van der Waals surface area (Å²) in [5.74, 6) is 0.719. The summed E-state index contributed by atoms with van der Waals surface area (Å²) in [6.45, 7) is 2.90. The molecule has 1 heterocycles.